The molecule has 1 aliphatic rings. The maximum Gasteiger partial charge on any atom is 0.161 e. The number of nitrogens with zero attached hydrogens (tertiary/aromatic N) is 2. The Hall–Kier alpha value is -6.32. The molecular formula is C47H34N2O. The molecule has 7 aromatic carbocycles. The van der Waals surface area contributed by atoms with Crippen LogP contribution in [-0.2, 0) is 5.41 Å². The third kappa shape index (κ3) is 4.23. The fourth-order valence-corrected chi connectivity index (χ4v) is 8.08. The van der Waals surface area contributed by atoms with Crippen LogP contribution in [0.3, 0.4) is 0 Å². The SMILES string of the molecule is CC1(C)c2cc(-c3ccccc3)ccc2N(c2ccccc2)c2ccc(-c3ccc4c(c3)c3oc5ccccc5c3n4-c3ccccc3)cc21. The molecule has 3 nitrogen and oxygen atoms in total. The Bertz CT molecular complexity index is 2720. The molecule has 0 unspecified atom stereocenters. The van der Waals surface area contributed by atoms with E-state index in [1.54, 1.807) is 0 Å². The minimum Gasteiger partial charge on any atom is -0.454 e. The van der Waals surface area contributed by atoms with Gasteiger partial charge in [0.1, 0.15) is 11.1 Å². The second kappa shape index (κ2) is 10.8. The monoisotopic (exact) mass is 642 g/mol. The van der Waals surface area contributed by atoms with Gasteiger partial charge < -0.3 is 13.9 Å². The molecule has 9 aromatic rings. The van der Waals surface area contributed by atoms with E-state index < -0.39 is 0 Å². The van der Waals surface area contributed by atoms with Gasteiger partial charge in [0, 0.05) is 27.6 Å². The molecule has 3 heteroatoms. The van der Waals surface area contributed by atoms with E-state index in [0.717, 1.165) is 44.3 Å². The first kappa shape index (κ1) is 28.7. The van der Waals surface area contributed by atoms with Crippen molar-refractivity contribution in [1.29, 1.82) is 0 Å². The number of fused-ring (bicyclic) bond motifs is 7. The molecular weight excluding hydrogens is 609 g/mol. The highest BCUT2D eigenvalue weighted by Gasteiger charge is 2.37. The Balaban J connectivity index is 1.18. The normalized spacial score (nSPS) is 13.5. The lowest BCUT2D eigenvalue weighted by atomic mass is 9.72. The summed E-state index contributed by atoms with van der Waals surface area (Å²) in [5, 5.41) is 2.23. The van der Waals surface area contributed by atoms with Crippen LogP contribution >= 0.6 is 0 Å². The van der Waals surface area contributed by atoms with Crippen molar-refractivity contribution in [3.63, 3.8) is 0 Å². The van der Waals surface area contributed by atoms with Gasteiger partial charge in [0.2, 0.25) is 0 Å². The van der Waals surface area contributed by atoms with Crippen molar-refractivity contribution in [2.75, 3.05) is 4.90 Å². The summed E-state index contributed by atoms with van der Waals surface area (Å²) in [6.45, 7) is 4.74. The van der Waals surface area contributed by atoms with Gasteiger partial charge >= 0.3 is 0 Å². The molecule has 238 valence electrons. The molecule has 0 N–H and O–H groups in total. The van der Waals surface area contributed by atoms with Gasteiger partial charge in [-0.15, -0.1) is 0 Å². The third-order valence-electron chi connectivity index (χ3n) is 10.6. The summed E-state index contributed by atoms with van der Waals surface area (Å²) in [5.74, 6) is 0. The Morgan fingerprint density at radius 2 is 1.00 bits per heavy atom. The Kier molecular flexibility index (Phi) is 6.22. The highest BCUT2D eigenvalue weighted by atomic mass is 16.3. The molecule has 0 amide bonds. The highest BCUT2D eigenvalue weighted by molar-refractivity contribution is 6.17. The van der Waals surface area contributed by atoms with Gasteiger partial charge in [0.15, 0.2) is 5.58 Å². The van der Waals surface area contributed by atoms with Crippen LogP contribution in [0.2, 0.25) is 0 Å². The van der Waals surface area contributed by atoms with Gasteiger partial charge in [-0.1, -0.05) is 111 Å². The lowest BCUT2D eigenvalue weighted by molar-refractivity contribution is 0.632. The molecule has 50 heavy (non-hydrogen) atoms. The van der Waals surface area contributed by atoms with Crippen LogP contribution in [0.15, 0.2) is 174 Å². The zero-order valence-corrected chi connectivity index (χ0v) is 28.0. The predicted octanol–water partition coefficient (Wildman–Crippen LogP) is 13.0. The number of hydrogen-bond donors (Lipinski definition) is 0. The summed E-state index contributed by atoms with van der Waals surface area (Å²) in [7, 11) is 0. The van der Waals surface area contributed by atoms with Gasteiger partial charge in [0.25, 0.3) is 0 Å². The molecule has 10 rings (SSSR count). The maximum absolute atomic E-state index is 6.60. The van der Waals surface area contributed by atoms with E-state index in [1.165, 1.54) is 44.8 Å². The van der Waals surface area contributed by atoms with E-state index in [9.17, 15) is 0 Å². The molecule has 0 spiro atoms. The van der Waals surface area contributed by atoms with E-state index in [4.69, 9.17) is 4.42 Å². The zero-order valence-electron chi connectivity index (χ0n) is 28.0. The number of para-hydroxylation sites is 3. The van der Waals surface area contributed by atoms with Crippen LogP contribution in [0.1, 0.15) is 25.0 Å². The Morgan fingerprint density at radius 1 is 0.460 bits per heavy atom. The van der Waals surface area contributed by atoms with Crippen LogP contribution in [0.5, 0.6) is 0 Å². The van der Waals surface area contributed by atoms with Crippen molar-refractivity contribution in [3.05, 3.63) is 181 Å². The van der Waals surface area contributed by atoms with Crippen LogP contribution in [-0.4, -0.2) is 4.57 Å². The first-order valence-corrected chi connectivity index (χ1v) is 17.3. The number of hydrogen-bond acceptors (Lipinski definition) is 2. The summed E-state index contributed by atoms with van der Waals surface area (Å²) in [6.07, 6.45) is 0. The molecule has 3 heterocycles. The average Bonchev–Trinajstić information content (AvgIpc) is 3.70. The van der Waals surface area contributed by atoms with Crippen LogP contribution in [0.25, 0.3) is 60.9 Å². The van der Waals surface area contributed by atoms with Crippen molar-refractivity contribution in [3.8, 4) is 27.9 Å². The van der Waals surface area contributed by atoms with E-state index >= 15 is 0 Å². The predicted molar refractivity (Wildman–Crippen MR) is 208 cm³/mol. The minimum atomic E-state index is -0.247. The molecule has 0 fully saturated rings. The topological polar surface area (TPSA) is 21.3 Å². The van der Waals surface area contributed by atoms with E-state index in [-0.39, 0.29) is 5.41 Å². The summed E-state index contributed by atoms with van der Waals surface area (Å²) in [5.41, 5.74) is 15.9. The molecule has 0 saturated carbocycles. The number of aromatic nitrogens is 1. The third-order valence-corrected chi connectivity index (χ3v) is 10.6. The number of benzene rings is 7. The molecule has 1 aliphatic heterocycles. The van der Waals surface area contributed by atoms with Gasteiger partial charge in [-0.25, -0.2) is 0 Å². The maximum atomic E-state index is 6.60. The number of rotatable bonds is 4. The fraction of sp³-hybridized carbons (Fsp3) is 0.0638. The van der Waals surface area contributed by atoms with E-state index in [2.05, 4.69) is 187 Å². The quantitative estimate of drug-likeness (QED) is 0.190. The lowest BCUT2D eigenvalue weighted by Gasteiger charge is -2.42. The highest BCUT2D eigenvalue weighted by Crippen LogP contribution is 2.53. The zero-order chi connectivity index (χ0) is 33.4. The van der Waals surface area contributed by atoms with Crippen LogP contribution < -0.4 is 4.90 Å². The summed E-state index contributed by atoms with van der Waals surface area (Å²) in [4.78, 5) is 2.43. The molecule has 0 radical (unpaired) electrons. The lowest BCUT2D eigenvalue weighted by Crippen LogP contribution is -2.30. The second-order valence-electron chi connectivity index (χ2n) is 13.8. The van der Waals surface area contributed by atoms with Gasteiger partial charge in [0.05, 0.1) is 16.9 Å². The molecule has 0 bridgehead atoms. The van der Waals surface area contributed by atoms with Crippen LogP contribution in [0, 0.1) is 0 Å². The molecule has 0 atom stereocenters. The van der Waals surface area contributed by atoms with Gasteiger partial charge in [-0.3, -0.25) is 0 Å². The first-order valence-electron chi connectivity index (χ1n) is 17.3. The molecule has 2 aromatic heterocycles. The summed E-state index contributed by atoms with van der Waals surface area (Å²) < 4.78 is 8.95. The van der Waals surface area contributed by atoms with Crippen molar-refractivity contribution in [2.24, 2.45) is 0 Å². The summed E-state index contributed by atoms with van der Waals surface area (Å²) in [6, 6.07) is 61.1. The van der Waals surface area contributed by atoms with Crippen molar-refractivity contribution in [2.45, 2.75) is 19.3 Å². The van der Waals surface area contributed by atoms with Crippen molar-refractivity contribution in [1.82, 2.24) is 4.57 Å². The van der Waals surface area contributed by atoms with E-state index in [1.807, 2.05) is 6.07 Å². The average molecular weight is 643 g/mol. The van der Waals surface area contributed by atoms with Crippen LogP contribution in [0.4, 0.5) is 17.1 Å². The standard InChI is InChI=1S/C47H34N2O/c1-47(2)39-29-33(31-14-6-3-7-15-31)23-26-42(39)48(35-16-8-4-9-17-35)43-27-24-34(30-40(43)47)32-22-25-41-38(28-32)46-45(37-20-12-13-21-44(37)50-46)49(41)36-18-10-5-11-19-36/h3-30H,1-2H3. The fourth-order valence-electron chi connectivity index (χ4n) is 8.08. The van der Waals surface area contributed by atoms with E-state index in [0.29, 0.717) is 0 Å². The Labute approximate surface area is 291 Å². The Morgan fingerprint density at radius 3 is 1.68 bits per heavy atom. The molecule has 0 saturated heterocycles. The molecule has 0 aliphatic carbocycles. The van der Waals surface area contributed by atoms with Gasteiger partial charge in [-0.05, 0) is 106 Å². The second-order valence-corrected chi connectivity index (χ2v) is 13.8. The van der Waals surface area contributed by atoms with Crippen molar-refractivity contribution >= 4 is 50.0 Å². The van der Waals surface area contributed by atoms with Crippen molar-refractivity contribution < 1.29 is 4.42 Å². The minimum absolute atomic E-state index is 0.247. The largest absolute Gasteiger partial charge is 0.454 e. The smallest absolute Gasteiger partial charge is 0.161 e. The number of furan rings is 1. The van der Waals surface area contributed by atoms with Gasteiger partial charge in [-0.2, -0.15) is 0 Å². The first-order chi connectivity index (χ1) is 24.6. The number of anilines is 3. The summed E-state index contributed by atoms with van der Waals surface area (Å²) >= 11 is 0.